The first kappa shape index (κ1) is 23.7. The zero-order valence-corrected chi connectivity index (χ0v) is 17.3. The van der Waals surface area contributed by atoms with Gasteiger partial charge in [0.2, 0.25) is 10.0 Å². The molecule has 0 aliphatic carbocycles. The van der Waals surface area contributed by atoms with Crippen LogP contribution in [-0.4, -0.2) is 66.0 Å². The number of hydrogen-bond acceptors (Lipinski definition) is 5. The number of halogens is 2. The molecule has 162 valence electrons. The topological polar surface area (TPSA) is 115 Å². The Balaban J connectivity index is 0.000000469. The summed E-state index contributed by atoms with van der Waals surface area (Å²) in [6.07, 6.45) is 0. The summed E-state index contributed by atoms with van der Waals surface area (Å²) in [4.78, 5) is 20.5. The number of benzene rings is 2. The van der Waals surface area contributed by atoms with Gasteiger partial charge in [-0.05, 0) is 30.3 Å². The fraction of sp³-hybridized carbons (Fsp3) is 0.263. The maximum absolute atomic E-state index is 13.7. The van der Waals surface area contributed by atoms with Crippen LogP contribution in [0.2, 0.25) is 5.02 Å². The number of carbonyl (C=O) groups is 2. The van der Waals surface area contributed by atoms with Gasteiger partial charge >= 0.3 is 11.9 Å². The van der Waals surface area contributed by atoms with Crippen molar-refractivity contribution in [3.8, 4) is 0 Å². The molecule has 0 amide bonds. The molecule has 8 nitrogen and oxygen atoms in total. The fourth-order valence-electron chi connectivity index (χ4n) is 2.75. The largest absolute Gasteiger partial charge is 0.473 e. The Morgan fingerprint density at radius 3 is 1.97 bits per heavy atom. The minimum atomic E-state index is -3.51. The van der Waals surface area contributed by atoms with Crippen LogP contribution >= 0.6 is 11.6 Å². The van der Waals surface area contributed by atoms with Crippen LogP contribution in [0, 0.1) is 5.82 Å². The summed E-state index contributed by atoms with van der Waals surface area (Å²) in [6, 6.07) is 12.8. The van der Waals surface area contributed by atoms with E-state index in [4.69, 9.17) is 31.4 Å². The van der Waals surface area contributed by atoms with Crippen LogP contribution in [0.5, 0.6) is 0 Å². The lowest BCUT2D eigenvalue weighted by Crippen LogP contribution is -2.48. The average Bonchev–Trinajstić information content (AvgIpc) is 2.71. The van der Waals surface area contributed by atoms with Crippen molar-refractivity contribution in [3.05, 3.63) is 64.9 Å². The van der Waals surface area contributed by atoms with Gasteiger partial charge in [-0.2, -0.15) is 4.31 Å². The van der Waals surface area contributed by atoms with Crippen molar-refractivity contribution in [2.75, 3.05) is 26.2 Å². The van der Waals surface area contributed by atoms with E-state index in [-0.39, 0.29) is 10.7 Å². The molecule has 0 saturated carbocycles. The number of rotatable bonds is 4. The van der Waals surface area contributed by atoms with Crippen LogP contribution in [-0.2, 0) is 26.2 Å². The summed E-state index contributed by atoms with van der Waals surface area (Å²) >= 11 is 5.81. The third-order valence-corrected chi connectivity index (χ3v) is 6.48. The van der Waals surface area contributed by atoms with Gasteiger partial charge in [0, 0.05) is 43.3 Å². The van der Waals surface area contributed by atoms with E-state index in [1.807, 2.05) is 0 Å². The minimum absolute atomic E-state index is 0.228. The van der Waals surface area contributed by atoms with E-state index in [0.29, 0.717) is 43.3 Å². The molecule has 2 N–H and O–H groups in total. The van der Waals surface area contributed by atoms with Crippen LogP contribution in [0.4, 0.5) is 4.39 Å². The van der Waals surface area contributed by atoms with Crippen molar-refractivity contribution in [1.82, 2.24) is 9.21 Å². The summed E-state index contributed by atoms with van der Waals surface area (Å²) in [5.41, 5.74) is 0.631. The van der Waals surface area contributed by atoms with Crippen LogP contribution in [0.3, 0.4) is 0 Å². The molecule has 2 aromatic carbocycles. The molecule has 0 spiro atoms. The first-order valence-corrected chi connectivity index (χ1v) is 10.6. The van der Waals surface area contributed by atoms with Crippen LogP contribution in [0.15, 0.2) is 53.4 Å². The van der Waals surface area contributed by atoms with Crippen molar-refractivity contribution in [2.45, 2.75) is 11.4 Å². The lowest BCUT2D eigenvalue weighted by Gasteiger charge is -2.34. The molecule has 11 heteroatoms. The van der Waals surface area contributed by atoms with Gasteiger partial charge in [0.15, 0.2) is 0 Å². The van der Waals surface area contributed by atoms with E-state index in [0.717, 1.165) is 0 Å². The van der Waals surface area contributed by atoms with Gasteiger partial charge in [-0.1, -0.05) is 29.8 Å². The molecule has 3 rings (SSSR count). The third kappa shape index (κ3) is 6.49. The Labute approximate surface area is 178 Å². The van der Waals surface area contributed by atoms with E-state index >= 15 is 0 Å². The molecule has 1 aliphatic rings. The molecular formula is C19H20ClFN2O6S. The summed E-state index contributed by atoms with van der Waals surface area (Å²) in [5.74, 6) is -3.88. The summed E-state index contributed by atoms with van der Waals surface area (Å²) < 4.78 is 40.4. The fourth-order valence-corrected chi connectivity index (χ4v) is 4.30. The van der Waals surface area contributed by atoms with E-state index < -0.39 is 22.0 Å². The highest BCUT2D eigenvalue weighted by Gasteiger charge is 2.28. The molecule has 0 unspecified atom stereocenters. The lowest BCUT2D eigenvalue weighted by molar-refractivity contribution is -0.159. The number of sulfonamides is 1. The molecule has 1 aliphatic heterocycles. The van der Waals surface area contributed by atoms with Crippen molar-refractivity contribution < 1.29 is 32.6 Å². The second kappa shape index (κ2) is 10.5. The molecule has 2 aromatic rings. The standard InChI is InChI=1S/C17H18ClFN2O2S.C2H2O4/c18-15-5-7-16(8-6-15)24(22,23)21-11-9-20(10-12-21)13-14-3-1-2-4-17(14)19;3-1(4)2(5)6/h1-8H,9-13H2;(H,3,4)(H,5,6). The summed E-state index contributed by atoms with van der Waals surface area (Å²) in [5, 5.41) is 15.3. The Morgan fingerprint density at radius 2 is 1.47 bits per heavy atom. The van der Waals surface area contributed by atoms with Gasteiger partial charge < -0.3 is 10.2 Å². The minimum Gasteiger partial charge on any atom is -0.473 e. The first-order valence-electron chi connectivity index (χ1n) is 8.79. The summed E-state index contributed by atoms with van der Waals surface area (Å²) in [6.45, 7) is 2.41. The van der Waals surface area contributed by atoms with Crippen LogP contribution in [0.25, 0.3) is 0 Å². The molecule has 0 atom stereocenters. The van der Waals surface area contributed by atoms with Gasteiger partial charge in [0.1, 0.15) is 5.82 Å². The van der Waals surface area contributed by atoms with Gasteiger partial charge in [0.25, 0.3) is 0 Å². The molecule has 30 heavy (non-hydrogen) atoms. The van der Waals surface area contributed by atoms with Crippen molar-refractivity contribution >= 4 is 33.6 Å². The monoisotopic (exact) mass is 458 g/mol. The number of hydrogen-bond donors (Lipinski definition) is 2. The van der Waals surface area contributed by atoms with Gasteiger partial charge in [-0.3, -0.25) is 4.90 Å². The maximum Gasteiger partial charge on any atom is 0.414 e. The molecule has 1 heterocycles. The van der Waals surface area contributed by atoms with Gasteiger partial charge in [0.05, 0.1) is 4.90 Å². The Morgan fingerprint density at radius 1 is 0.933 bits per heavy atom. The molecule has 0 radical (unpaired) electrons. The normalized spacial score (nSPS) is 15.1. The quantitative estimate of drug-likeness (QED) is 0.674. The predicted octanol–water partition coefficient (Wildman–Crippen LogP) is 2.14. The second-order valence-corrected chi connectivity index (χ2v) is 8.71. The smallest absolute Gasteiger partial charge is 0.414 e. The van der Waals surface area contributed by atoms with E-state index in [1.54, 1.807) is 30.3 Å². The van der Waals surface area contributed by atoms with Crippen molar-refractivity contribution in [2.24, 2.45) is 0 Å². The molecule has 0 aromatic heterocycles. The highest BCUT2D eigenvalue weighted by molar-refractivity contribution is 7.89. The Hall–Kier alpha value is -2.53. The van der Waals surface area contributed by atoms with Crippen LogP contribution in [0.1, 0.15) is 5.56 Å². The molecule has 1 fully saturated rings. The van der Waals surface area contributed by atoms with Gasteiger partial charge in [-0.25, -0.2) is 22.4 Å². The number of piperazine rings is 1. The van der Waals surface area contributed by atoms with Gasteiger partial charge in [-0.15, -0.1) is 0 Å². The SMILES string of the molecule is O=C(O)C(=O)O.O=S(=O)(c1ccc(Cl)cc1)N1CCN(Cc2ccccc2F)CC1. The third-order valence-electron chi connectivity index (χ3n) is 4.32. The number of aliphatic carboxylic acids is 2. The summed E-state index contributed by atoms with van der Waals surface area (Å²) in [7, 11) is -3.51. The average molecular weight is 459 g/mol. The molecular weight excluding hydrogens is 439 g/mol. The highest BCUT2D eigenvalue weighted by Crippen LogP contribution is 2.20. The van der Waals surface area contributed by atoms with Crippen molar-refractivity contribution in [1.29, 1.82) is 0 Å². The number of carboxylic acids is 2. The van der Waals surface area contributed by atoms with E-state index in [9.17, 15) is 12.8 Å². The zero-order valence-electron chi connectivity index (χ0n) is 15.7. The number of nitrogens with zero attached hydrogens (tertiary/aromatic N) is 2. The van der Waals surface area contributed by atoms with Crippen LogP contribution < -0.4 is 0 Å². The predicted molar refractivity (Wildman–Crippen MR) is 107 cm³/mol. The molecule has 1 saturated heterocycles. The molecule has 0 bridgehead atoms. The zero-order chi connectivity index (χ0) is 22.3. The second-order valence-electron chi connectivity index (χ2n) is 6.34. The first-order chi connectivity index (χ1) is 14.1. The highest BCUT2D eigenvalue weighted by atomic mass is 35.5. The Kier molecular flexibility index (Phi) is 8.30. The Bertz CT molecular complexity index is 980. The maximum atomic E-state index is 13.7. The van der Waals surface area contributed by atoms with E-state index in [1.165, 1.54) is 22.5 Å². The van der Waals surface area contributed by atoms with Crippen molar-refractivity contribution in [3.63, 3.8) is 0 Å². The van der Waals surface area contributed by atoms with E-state index in [2.05, 4.69) is 4.90 Å². The lowest BCUT2D eigenvalue weighted by atomic mass is 10.2. The number of carboxylic acid groups (broad SMARTS) is 2.